The van der Waals surface area contributed by atoms with Crippen molar-refractivity contribution in [1.82, 2.24) is 0 Å². The van der Waals surface area contributed by atoms with Gasteiger partial charge in [-0.3, -0.25) is 0 Å². The molecule has 0 aliphatic rings. The lowest BCUT2D eigenvalue weighted by molar-refractivity contribution is 0.0691. The molecule has 0 aliphatic carbocycles. The average Bonchev–Trinajstić information content (AvgIpc) is 2.37. The minimum atomic E-state index is -1.21. The molecule has 2 rings (SSSR count). The maximum Gasteiger partial charge on any atom is 0.339 e. The van der Waals surface area contributed by atoms with Crippen LogP contribution in [0, 0.1) is 12.7 Å². The van der Waals surface area contributed by atoms with Crippen LogP contribution in [-0.4, -0.2) is 11.1 Å². The molecule has 2 aromatic rings. The van der Waals surface area contributed by atoms with Gasteiger partial charge in [0.25, 0.3) is 0 Å². The fourth-order valence-electron chi connectivity index (χ4n) is 1.76. The van der Waals surface area contributed by atoms with Gasteiger partial charge in [-0.1, -0.05) is 29.8 Å². The van der Waals surface area contributed by atoms with Crippen molar-refractivity contribution in [2.24, 2.45) is 0 Å². The van der Waals surface area contributed by atoms with E-state index in [1.807, 2.05) is 31.2 Å². The third-order valence-electron chi connectivity index (χ3n) is 2.65. The maximum absolute atomic E-state index is 13.0. The lowest BCUT2D eigenvalue weighted by Crippen LogP contribution is -2.04. The third-order valence-corrected chi connectivity index (χ3v) is 2.65. The van der Waals surface area contributed by atoms with E-state index < -0.39 is 11.8 Å². The van der Waals surface area contributed by atoms with Crippen LogP contribution >= 0.6 is 0 Å². The number of ether oxygens (including phenoxy) is 1. The zero-order chi connectivity index (χ0) is 13.8. The number of aryl methyl sites for hydroxylation is 1. The minimum absolute atomic E-state index is 0.162. The molecule has 0 unspecified atom stereocenters. The van der Waals surface area contributed by atoms with Crippen molar-refractivity contribution in [2.75, 3.05) is 0 Å². The highest BCUT2D eigenvalue weighted by atomic mass is 19.1. The lowest BCUT2D eigenvalue weighted by Gasteiger charge is -2.09. The van der Waals surface area contributed by atoms with Crippen LogP contribution in [0.15, 0.2) is 42.5 Å². The number of aromatic carboxylic acids is 1. The summed E-state index contributed by atoms with van der Waals surface area (Å²) in [7, 11) is 0. The largest absolute Gasteiger partial charge is 0.488 e. The zero-order valence-corrected chi connectivity index (χ0v) is 10.4. The first kappa shape index (κ1) is 13.1. The molecule has 0 bridgehead atoms. The van der Waals surface area contributed by atoms with E-state index in [0.717, 1.165) is 17.2 Å². The van der Waals surface area contributed by atoms with Gasteiger partial charge in [-0.05, 0) is 30.7 Å². The van der Waals surface area contributed by atoms with E-state index in [2.05, 4.69) is 0 Å². The van der Waals surface area contributed by atoms with Crippen LogP contribution in [0.5, 0.6) is 5.75 Å². The molecular formula is C15H13FO3. The normalized spacial score (nSPS) is 10.2. The Morgan fingerprint density at radius 3 is 2.74 bits per heavy atom. The molecule has 0 saturated heterocycles. The molecule has 0 amide bonds. The number of carbonyl (C=O) groups is 1. The Labute approximate surface area is 110 Å². The Bertz CT molecular complexity index is 608. The molecule has 0 saturated carbocycles. The molecule has 0 aliphatic heterocycles. The van der Waals surface area contributed by atoms with Crippen molar-refractivity contribution in [3.05, 3.63) is 65.0 Å². The molecule has 0 fully saturated rings. The molecule has 0 atom stereocenters. The second-order valence-corrected chi connectivity index (χ2v) is 4.22. The molecule has 0 heterocycles. The van der Waals surface area contributed by atoms with Crippen LogP contribution in [0.4, 0.5) is 4.39 Å². The zero-order valence-electron chi connectivity index (χ0n) is 10.4. The summed E-state index contributed by atoms with van der Waals surface area (Å²) in [6.45, 7) is 2.21. The van der Waals surface area contributed by atoms with E-state index >= 15 is 0 Å². The first-order chi connectivity index (χ1) is 9.06. The molecule has 0 aromatic heterocycles. The van der Waals surface area contributed by atoms with Gasteiger partial charge in [0.05, 0.1) is 0 Å². The van der Waals surface area contributed by atoms with Gasteiger partial charge in [-0.25, -0.2) is 9.18 Å². The first-order valence-electron chi connectivity index (χ1n) is 5.77. The quantitative estimate of drug-likeness (QED) is 0.916. The molecule has 0 radical (unpaired) electrons. The number of carboxylic acid groups (broad SMARTS) is 1. The van der Waals surface area contributed by atoms with Crippen LogP contribution in [0.1, 0.15) is 21.5 Å². The van der Waals surface area contributed by atoms with Crippen molar-refractivity contribution in [3.8, 4) is 5.75 Å². The Balaban J connectivity index is 2.17. The van der Waals surface area contributed by atoms with Gasteiger partial charge in [-0.15, -0.1) is 0 Å². The predicted molar refractivity (Wildman–Crippen MR) is 68.9 cm³/mol. The van der Waals surface area contributed by atoms with E-state index in [-0.39, 0.29) is 17.9 Å². The molecule has 3 nitrogen and oxygen atoms in total. The van der Waals surface area contributed by atoms with E-state index in [9.17, 15) is 9.18 Å². The highest BCUT2D eigenvalue weighted by Crippen LogP contribution is 2.21. The van der Waals surface area contributed by atoms with Crippen molar-refractivity contribution in [1.29, 1.82) is 0 Å². The highest BCUT2D eigenvalue weighted by Gasteiger charge is 2.12. The standard InChI is InChI=1S/C15H13FO3/c1-10-3-2-4-11(7-10)9-19-14-6-5-12(16)8-13(14)15(17)18/h2-8H,9H2,1H3,(H,17,18). The summed E-state index contributed by atoms with van der Waals surface area (Å²) >= 11 is 0. The molecule has 2 aromatic carbocycles. The number of benzene rings is 2. The minimum Gasteiger partial charge on any atom is -0.488 e. The summed E-state index contributed by atoms with van der Waals surface area (Å²) in [4.78, 5) is 11.0. The predicted octanol–water partition coefficient (Wildman–Crippen LogP) is 3.41. The fourth-order valence-corrected chi connectivity index (χ4v) is 1.76. The van der Waals surface area contributed by atoms with Crippen molar-refractivity contribution >= 4 is 5.97 Å². The van der Waals surface area contributed by atoms with Gasteiger partial charge in [0.2, 0.25) is 0 Å². The number of hydrogen-bond donors (Lipinski definition) is 1. The summed E-state index contributed by atoms with van der Waals surface area (Å²) in [6.07, 6.45) is 0. The third kappa shape index (κ3) is 3.31. The van der Waals surface area contributed by atoms with E-state index in [0.29, 0.717) is 0 Å². The highest BCUT2D eigenvalue weighted by molar-refractivity contribution is 5.90. The topological polar surface area (TPSA) is 46.5 Å². The maximum atomic E-state index is 13.0. The van der Waals surface area contributed by atoms with E-state index in [4.69, 9.17) is 9.84 Å². The molecular weight excluding hydrogens is 247 g/mol. The van der Waals surface area contributed by atoms with Crippen molar-refractivity contribution in [2.45, 2.75) is 13.5 Å². The lowest BCUT2D eigenvalue weighted by atomic mass is 10.1. The SMILES string of the molecule is Cc1cccc(COc2ccc(F)cc2C(=O)O)c1. The summed E-state index contributed by atoms with van der Waals surface area (Å²) in [5, 5.41) is 8.98. The van der Waals surface area contributed by atoms with Gasteiger partial charge < -0.3 is 9.84 Å². The van der Waals surface area contributed by atoms with Crippen molar-refractivity contribution in [3.63, 3.8) is 0 Å². The molecule has 4 heteroatoms. The Morgan fingerprint density at radius 1 is 1.26 bits per heavy atom. The van der Waals surface area contributed by atoms with Crippen LogP contribution in [-0.2, 0) is 6.61 Å². The smallest absolute Gasteiger partial charge is 0.339 e. The summed E-state index contributed by atoms with van der Waals surface area (Å²) in [5.74, 6) is -1.64. The molecule has 19 heavy (non-hydrogen) atoms. The number of hydrogen-bond acceptors (Lipinski definition) is 2. The molecule has 0 spiro atoms. The van der Waals surface area contributed by atoms with Crippen LogP contribution in [0.25, 0.3) is 0 Å². The molecule has 98 valence electrons. The van der Waals surface area contributed by atoms with Crippen molar-refractivity contribution < 1.29 is 19.0 Å². The second kappa shape index (κ2) is 5.52. The van der Waals surface area contributed by atoms with Gasteiger partial charge >= 0.3 is 5.97 Å². The van der Waals surface area contributed by atoms with Gasteiger partial charge in [0.15, 0.2) is 0 Å². The monoisotopic (exact) mass is 260 g/mol. The Morgan fingerprint density at radius 2 is 2.05 bits per heavy atom. The average molecular weight is 260 g/mol. The molecule has 1 N–H and O–H groups in total. The number of rotatable bonds is 4. The summed E-state index contributed by atoms with van der Waals surface area (Å²) in [5.41, 5.74) is 1.85. The number of halogens is 1. The van der Waals surface area contributed by atoms with Gasteiger partial charge in [-0.2, -0.15) is 0 Å². The fraction of sp³-hybridized carbons (Fsp3) is 0.133. The van der Waals surface area contributed by atoms with Crippen LogP contribution in [0.3, 0.4) is 0 Å². The summed E-state index contributed by atoms with van der Waals surface area (Å²) in [6, 6.07) is 11.2. The first-order valence-corrected chi connectivity index (χ1v) is 5.77. The van der Waals surface area contributed by atoms with Crippen LogP contribution in [0.2, 0.25) is 0 Å². The van der Waals surface area contributed by atoms with Gasteiger partial charge in [0.1, 0.15) is 23.7 Å². The second-order valence-electron chi connectivity index (χ2n) is 4.22. The van der Waals surface area contributed by atoms with Crippen LogP contribution < -0.4 is 4.74 Å². The van der Waals surface area contributed by atoms with E-state index in [1.165, 1.54) is 12.1 Å². The number of carboxylic acids is 1. The van der Waals surface area contributed by atoms with Gasteiger partial charge in [0, 0.05) is 0 Å². The summed E-state index contributed by atoms with van der Waals surface area (Å²) < 4.78 is 18.5. The van der Waals surface area contributed by atoms with E-state index in [1.54, 1.807) is 0 Å². The Kier molecular flexibility index (Phi) is 3.80. The Hall–Kier alpha value is -2.36.